The molecule has 5 heteroatoms. The first-order valence-corrected chi connectivity index (χ1v) is 5.79. The third-order valence-corrected chi connectivity index (χ3v) is 2.65. The molecule has 1 aromatic carbocycles. The molecule has 0 aliphatic carbocycles. The van der Waals surface area contributed by atoms with E-state index in [1.807, 2.05) is 30.3 Å². The summed E-state index contributed by atoms with van der Waals surface area (Å²) in [5, 5.41) is 2.47. The van der Waals surface area contributed by atoms with Gasteiger partial charge in [0.05, 0.1) is 12.6 Å². The van der Waals surface area contributed by atoms with E-state index in [1.165, 1.54) is 11.9 Å². The fourth-order valence-corrected chi connectivity index (χ4v) is 1.61. The van der Waals surface area contributed by atoms with Gasteiger partial charge in [-0.05, 0) is 12.0 Å². The molecule has 1 unspecified atom stereocenters. The summed E-state index contributed by atoms with van der Waals surface area (Å²) in [4.78, 5) is 24.4. The quantitative estimate of drug-likeness (QED) is 0.756. The molecule has 0 saturated carbocycles. The molecule has 2 amide bonds. The monoisotopic (exact) mass is 249 g/mol. The summed E-state index contributed by atoms with van der Waals surface area (Å²) in [5.74, 6) is -0.444. The molecular weight excluding hydrogens is 230 g/mol. The molecule has 0 saturated heterocycles. The van der Waals surface area contributed by atoms with Gasteiger partial charge in [-0.1, -0.05) is 30.3 Å². The van der Waals surface area contributed by atoms with E-state index >= 15 is 0 Å². The topological polar surface area (TPSA) is 75.4 Å². The van der Waals surface area contributed by atoms with Gasteiger partial charge in [-0.2, -0.15) is 0 Å². The molecule has 5 nitrogen and oxygen atoms in total. The molecule has 0 fully saturated rings. The van der Waals surface area contributed by atoms with Crippen molar-refractivity contribution >= 4 is 11.8 Å². The van der Waals surface area contributed by atoms with Crippen LogP contribution in [0.1, 0.15) is 5.56 Å². The van der Waals surface area contributed by atoms with Crippen LogP contribution in [0, 0.1) is 0 Å². The van der Waals surface area contributed by atoms with Gasteiger partial charge in [0.1, 0.15) is 0 Å². The van der Waals surface area contributed by atoms with Crippen LogP contribution in [0.15, 0.2) is 30.3 Å². The Bertz CT molecular complexity index is 406. The first-order valence-electron chi connectivity index (χ1n) is 5.79. The highest BCUT2D eigenvalue weighted by Gasteiger charge is 2.19. The van der Waals surface area contributed by atoms with Gasteiger partial charge in [0.2, 0.25) is 11.8 Å². The van der Waals surface area contributed by atoms with E-state index in [9.17, 15) is 9.59 Å². The second kappa shape index (κ2) is 6.76. The first kappa shape index (κ1) is 14.2. The van der Waals surface area contributed by atoms with Gasteiger partial charge in [0, 0.05) is 14.1 Å². The summed E-state index contributed by atoms with van der Waals surface area (Å²) in [6.45, 7) is 0.0256. The van der Waals surface area contributed by atoms with Crippen molar-refractivity contribution < 1.29 is 9.59 Å². The number of benzene rings is 1. The lowest BCUT2D eigenvalue weighted by Crippen LogP contribution is -2.46. The number of amides is 2. The van der Waals surface area contributed by atoms with Crippen molar-refractivity contribution in [1.82, 2.24) is 10.2 Å². The number of hydrogen-bond donors (Lipinski definition) is 2. The van der Waals surface area contributed by atoms with Gasteiger partial charge in [0.25, 0.3) is 0 Å². The van der Waals surface area contributed by atoms with Crippen molar-refractivity contribution in [3.63, 3.8) is 0 Å². The molecule has 1 rings (SSSR count). The minimum atomic E-state index is -0.623. The molecular formula is C13H19N3O2. The van der Waals surface area contributed by atoms with E-state index in [0.29, 0.717) is 6.42 Å². The van der Waals surface area contributed by atoms with Gasteiger partial charge >= 0.3 is 0 Å². The fraction of sp³-hybridized carbons (Fsp3) is 0.385. The number of nitrogens with one attached hydrogen (secondary N) is 1. The first-order chi connectivity index (χ1) is 8.54. The molecule has 0 bridgehead atoms. The number of nitrogens with zero attached hydrogens (tertiary/aromatic N) is 1. The van der Waals surface area contributed by atoms with E-state index in [2.05, 4.69) is 5.32 Å². The molecule has 0 aliphatic rings. The number of nitrogens with two attached hydrogens (primary N) is 1. The maximum absolute atomic E-state index is 11.9. The summed E-state index contributed by atoms with van der Waals surface area (Å²) in [7, 11) is 3.10. The zero-order chi connectivity index (χ0) is 13.5. The van der Waals surface area contributed by atoms with E-state index in [0.717, 1.165) is 5.56 Å². The van der Waals surface area contributed by atoms with E-state index < -0.39 is 6.04 Å². The number of carbonyl (C=O) groups is 2. The minimum absolute atomic E-state index is 0.0256. The zero-order valence-electron chi connectivity index (χ0n) is 10.7. The Morgan fingerprint density at radius 2 is 1.94 bits per heavy atom. The Morgan fingerprint density at radius 3 is 2.50 bits per heavy atom. The molecule has 18 heavy (non-hydrogen) atoms. The van der Waals surface area contributed by atoms with Crippen LogP contribution in [0.4, 0.5) is 0 Å². The van der Waals surface area contributed by atoms with Crippen molar-refractivity contribution in [2.45, 2.75) is 12.5 Å². The molecule has 1 aromatic rings. The predicted molar refractivity (Wildman–Crippen MR) is 69.8 cm³/mol. The molecule has 0 aromatic heterocycles. The molecule has 0 aliphatic heterocycles. The number of hydrogen-bond acceptors (Lipinski definition) is 3. The highest BCUT2D eigenvalue weighted by Crippen LogP contribution is 2.03. The van der Waals surface area contributed by atoms with Crippen LogP contribution in [0.25, 0.3) is 0 Å². The average molecular weight is 249 g/mol. The van der Waals surface area contributed by atoms with Crippen molar-refractivity contribution in [2.24, 2.45) is 5.73 Å². The van der Waals surface area contributed by atoms with E-state index in [4.69, 9.17) is 5.73 Å². The second-order valence-corrected chi connectivity index (χ2v) is 4.16. The highest BCUT2D eigenvalue weighted by atomic mass is 16.2. The van der Waals surface area contributed by atoms with Crippen LogP contribution in [0.5, 0.6) is 0 Å². The Hall–Kier alpha value is -1.88. The summed E-state index contributed by atoms with van der Waals surface area (Å²) >= 11 is 0. The molecule has 0 heterocycles. The second-order valence-electron chi connectivity index (χ2n) is 4.16. The SMILES string of the molecule is CNC(=O)CN(C)C(=O)C(N)Cc1ccccc1. The summed E-state index contributed by atoms with van der Waals surface area (Å²) < 4.78 is 0. The van der Waals surface area contributed by atoms with Crippen LogP contribution in [-0.2, 0) is 16.0 Å². The van der Waals surface area contributed by atoms with Gasteiger partial charge < -0.3 is 16.0 Å². The summed E-state index contributed by atoms with van der Waals surface area (Å²) in [6, 6.07) is 8.94. The largest absolute Gasteiger partial charge is 0.358 e. The van der Waals surface area contributed by atoms with Crippen LogP contribution in [-0.4, -0.2) is 43.4 Å². The molecule has 98 valence electrons. The highest BCUT2D eigenvalue weighted by molar-refractivity contribution is 5.87. The van der Waals surface area contributed by atoms with Crippen LogP contribution >= 0.6 is 0 Å². The molecule has 1 atom stereocenters. The van der Waals surface area contributed by atoms with Crippen molar-refractivity contribution in [3.8, 4) is 0 Å². The Kier molecular flexibility index (Phi) is 5.32. The normalized spacial score (nSPS) is 11.7. The standard InChI is InChI=1S/C13H19N3O2/c1-15-12(17)9-16(2)13(18)11(14)8-10-6-4-3-5-7-10/h3-7,11H,8-9,14H2,1-2H3,(H,15,17). The lowest BCUT2D eigenvalue weighted by atomic mass is 10.1. The predicted octanol–water partition coefficient (Wildman–Crippen LogP) is -0.239. The van der Waals surface area contributed by atoms with Gasteiger partial charge in [-0.15, -0.1) is 0 Å². The van der Waals surface area contributed by atoms with Gasteiger partial charge in [-0.3, -0.25) is 9.59 Å². The van der Waals surface area contributed by atoms with Crippen LogP contribution < -0.4 is 11.1 Å². The maximum atomic E-state index is 11.9. The Balaban J connectivity index is 2.53. The number of carbonyl (C=O) groups excluding carboxylic acids is 2. The van der Waals surface area contributed by atoms with Crippen molar-refractivity contribution in [1.29, 1.82) is 0 Å². The Labute approximate surface area is 107 Å². The fourth-order valence-electron chi connectivity index (χ4n) is 1.61. The minimum Gasteiger partial charge on any atom is -0.358 e. The lowest BCUT2D eigenvalue weighted by molar-refractivity contribution is -0.135. The molecule has 3 N–H and O–H groups in total. The van der Waals surface area contributed by atoms with Crippen LogP contribution in [0.3, 0.4) is 0 Å². The smallest absolute Gasteiger partial charge is 0.240 e. The number of likely N-dealkylation sites (N-methyl/N-ethyl adjacent to an activating group) is 2. The summed E-state index contributed by atoms with van der Waals surface area (Å²) in [5.41, 5.74) is 6.85. The van der Waals surface area contributed by atoms with E-state index in [1.54, 1.807) is 7.05 Å². The van der Waals surface area contributed by atoms with Gasteiger partial charge in [0.15, 0.2) is 0 Å². The summed E-state index contributed by atoms with van der Waals surface area (Å²) in [6.07, 6.45) is 0.470. The number of rotatable bonds is 5. The molecule has 0 spiro atoms. The van der Waals surface area contributed by atoms with Crippen LogP contribution in [0.2, 0.25) is 0 Å². The zero-order valence-corrected chi connectivity index (χ0v) is 10.7. The maximum Gasteiger partial charge on any atom is 0.240 e. The van der Waals surface area contributed by atoms with Crippen molar-refractivity contribution in [3.05, 3.63) is 35.9 Å². The third kappa shape index (κ3) is 4.18. The van der Waals surface area contributed by atoms with E-state index in [-0.39, 0.29) is 18.4 Å². The Morgan fingerprint density at radius 1 is 1.33 bits per heavy atom. The molecule has 0 radical (unpaired) electrons. The lowest BCUT2D eigenvalue weighted by Gasteiger charge is -2.20. The average Bonchev–Trinajstić information content (AvgIpc) is 2.38. The van der Waals surface area contributed by atoms with Gasteiger partial charge in [-0.25, -0.2) is 0 Å². The third-order valence-electron chi connectivity index (χ3n) is 2.65. The van der Waals surface area contributed by atoms with Crippen molar-refractivity contribution in [2.75, 3.05) is 20.6 Å².